The maximum Gasteiger partial charge on any atom is 0.210 e. The predicted molar refractivity (Wildman–Crippen MR) is 364 cm³/mol. The smallest absolute Gasteiger partial charge is 0.210 e. The molecule has 0 aromatic heterocycles. The lowest BCUT2D eigenvalue weighted by molar-refractivity contribution is -0.401. The summed E-state index contributed by atoms with van der Waals surface area (Å²) in [7, 11) is 0.118. The van der Waals surface area contributed by atoms with Crippen molar-refractivity contribution in [1.82, 2.24) is 0 Å². The van der Waals surface area contributed by atoms with Gasteiger partial charge >= 0.3 is 0 Å². The number of aromatic hydroxyl groups is 1. The van der Waals surface area contributed by atoms with Crippen LogP contribution in [0.2, 0.25) is 0 Å². The number of rotatable bonds is 18. The van der Waals surface area contributed by atoms with Gasteiger partial charge in [-0.1, -0.05) is 123 Å². The fourth-order valence-electron chi connectivity index (χ4n) is 14.3. The number of nitrogens with zero attached hydrogens (tertiary/aromatic N) is 2. The van der Waals surface area contributed by atoms with Crippen LogP contribution in [0.25, 0.3) is 21.5 Å². The highest BCUT2D eigenvalue weighted by Crippen LogP contribution is 2.51. The zero-order chi connectivity index (χ0) is 65.1. The molecule has 7 unspecified atom stereocenters. The van der Waals surface area contributed by atoms with E-state index in [4.69, 9.17) is 23.7 Å². The molecule has 0 amide bonds. The molecule has 0 radical (unpaired) electrons. The van der Waals surface area contributed by atoms with Gasteiger partial charge in [0.25, 0.3) is 0 Å². The van der Waals surface area contributed by atoms with Crippen LogP contribution in [-0.4, -0.2) is 89.3 Å². The van der Waals surface area contributed by atoms with Crippen LogP contribution in [0, 0.1) is 6.92 Å². The second-order valence-corrected chi connectivity index (χ2v) is 28.1. The topological polar surface area (TPSA) is 170 Å². The molecule has 0 bridgehead atoms. The first-order chi connectivity index (χ1) is 44.0. The highest BCUT2D eigenvalue weighted by atomic mass is 32.2. The van der Waals surface area contributed by atoms with Crippen molar-refractivity contribution in [3.63, 3.8) is 0 Å². The number of anilines is 1. The first-order valence-electron chi connectivity index (χ1n) is 32.8. The number of phenols is 1. The quantitative estimate of drug-likeness (QED) is 0.0550. The Morgan fingerprint density at radius 2 is 1.27 bits per heavy atom. The van der Waals surface area contributed by atoms with Crippen molar-refractivity contribution in [2.75, 3.05) is 19.0 Å². The number of aryl methyl sites for hydroxylation is 1. The summed E-state index contributed by atoms with van der Waals surface area (Å²) < 4.78 is 67.4. The summed E-state index contributed by atoms with van der Waals surface area (Å²) in [6.07, 6.45) is 16.0. The normalized spacial score (nSPS) is 23.7. The van der Waals surface area contributed by atoms with Crippen molar-refractivity contribution in [2.45, 2.75) is 190 Å². The van der Waals surface area contributed by atoms with Gasteiger partial charge in [0.15, 0.2) is 18.3 Å². The Balaban J connectivity index is 0.000000715. The minimum absolute atomic E-state index is 0.0305. The van der Waals surface area contributed by atoms with E-state index in [1.54, 1.807) is 24.3 Å². The number of allylic oxidation sites excluding steroid dienone is 7. The predicted octanol–water partition coefficient (Wildman–Crippen LogP) is 16.5. The van der Waals surface area contributed by atoms with Crippen molar-refractivity contribution in [3.8, 4) is 11.5 Å². The molecule has 2 saturated heterocycles. The van der Waals surface area contributed by atoms with E-state index in [0.717, 1.165) is 90.7 Å². The fourth-order valence-corrected chi connectivity index (χ4v) is 14.8. The molecular formula is C78H90N2O11S. The van der Waals surface area contributed by atoms with Crippen LogP contribution in [0.15, 0.2) is 197 Å². The lowest BCUT2D eigenvalue weighted by Crippen LogP contribution is -2.38. The minimum Gasteiger partial charge on any atom is -0.744 e. The number of phenolic OH excluding ortho intramolecular Hbond substituents is 1. The Kier molecular flexibility index (Phi) is 20.3. The average Bonchev–Trinajstić information content (AvgIpc) is 1.58. The number of fused-ring (bicyclic) bond motifs is 6. The monoisotopic (exact) mass is 1260 g/mol. The maximum atomic E-state index is 10.9. The van der Waals surface area contributed by atoms with Crippen molar-refractivity contribution >= 4 is 48.7 Å². The first-order valence-corrected chi connectivity index (χ1v) is 34.3. The number of benzene rings is 7. The van der Waals surface area contributed by atoms with E-state index in [-0.39, 0.29) is 52.0 Å². The number of aliphatic hydroxyl groups is 2. The third-order valence-electron chi connectivity index (χ3n) is 19.3. The highest BCUT2D eigenvalue weighted by Gasteiger charge is 2.45. The molecule has 4 aliphatic heterocycles. The summed E-state index contributed by atoms with van der Waals surface area (Å²) >= 11 is 0. The summed E-state index contributed by atoms with van der Waals surface area (Å²) in [5.41, 5.74) is 12.2. The second-order valence-electron chi connectivity index (χ2n) is 26.8. The molecule has 12 rings (SSSR count). The largest absolute Gasteiger partial charge is 0.744 e. The van der Waals surface area contributed by atoms with Gasteiger partial charge in [-0.05, 0) is 191 Å². The Labute approximate surface area is 543 Å². The van der Waals surface area contributed by atoms with E-state index in [2.05, 4.69) is 160 Å². The SMILES string of the molecule is CCC(O)CC1CC(CCC2CC(CCC[C@H](C)O)OC(c3ccc(O)cc3)O2)OC(c2ccc(OC3=C(/C=C/C4=[N+](C)c5ccc6ccccc6c5C4(C)C)CCC/C3=C\C=C3\N(C)c4ccc5ccccc5c4C3(C)C)cc2)O1.Cc1ccc(S(=O)(=O)[O-])cc1. The van der Waals surface area contributed by atoms with Gasteiger partial charge in [-0.25, -0.2) is 8.42 Å². The summed E-state index contributed by atoms with van der Waals surface area (Å²) in [6.45, 7) is 15.0. The molecular weight excluding hydrogens is 1170 g/mol. The third kappa shape index (κ3) is 14.7. The lowest BCUT2D eigenvalue weighted by Gasteiger charge is -2.39. The lowest BCUT2D eigenvalue weighted by atomic mass is 9.78. The van der Waals surface area contributed by atoms with Gasteiger partial charge in [0.2, 0.25) is 5.69 Å². The summed E-state index contributed by atoms with van der Waals surface area (Å²) in [5.74, 6) is 1.81. The first kappa shape index (κ1) is 66.2. The second kappa shape index (κ2) is 28.1. The van der Waals surface area contributed by atoms with Gasteiger partial charge in [-0.2, -0.15) is 4.58 Å². The molecule has 2 fully saturated rings. The minimum atomic E-state index is -4.27. The summed E-state index contributed by atoms with van der Waals surface area (Å²) in [6, 6.07) is 47.5. The van der Waals surface area contributed by atoms with Crippen LogP contribution in [0.3, 0.4) is 0 Å². The molecule has 0 saturated carbocycles. The molecule has 8 atom stereocenters. The standard InChI is InChI=1S/C71H82N2O8.C7H8O3S/c1-9-52(75)42-58-44-57(37-36-56-43-55(21-14-16-45(2)74)78-68(79-56)50-24-32-53(76)33-25-50)80-69(81-58)51-26-34-54(35-27-51)77-67-48(30-40-63-70(3,4)65-59-22-12-10-17-46(59)28-38-61(65)72(63)7)19-15-20-49(67)31-41-64-71(5,6)66-60-23-13-11-18-47(60)29-39-62(66)73(64)8;1-6-2-4-7(5-3-6)11(8,9)10/h10-13,17-18,22-35,38-41,45,52,55-58,68-69,74-75H,9,14-16,19-21,36-37,42-44H2,1-8H3;2-5H,1H3,(H,8,9,10)/t45-,52?,55?,56?,57?,58?,68?,69?;/m0./s1. The summed E-state index contributed by atoms with van der Waals surface area (Å²) in [5, 5.41) is 36.0. The highest BCUT2D eigenvalue weighted by molar-refractivity contribution is 7.85. The molecule has 14 heteroatoms. The van der Waals surface area contributed by atoms with Crippen molar-refractivity contribution in [2.24, 2.45) is 0 Å². The molecule has 0 spiro atoms. The van der Waals surface area contributed by atoms with Crippen LogP contribution in [0.4, 0.5) is 11.4 Å². The molecule has 7 aromatic rings. The van der Waals surface area contributed by atoms with E-state index in [1.807, 2.05) is 45.0 Å². The third-order valence-corrected chi connectivity index (χ3v) is 20.1. The van der Waals surface area contributed by atoms with E-state index in [1.165, 1.54) is 67.6 Å². The molecule has 7 aromatic carbocycles. The number of hydrogen-bond acceptors (Lipinski definition) is 12. The van der Waals surface area contributed by atoms with Gasteiger partial charge in [0.1, 0.15) is 34.4 Å². The Morgan fingerprint density at radius 1 is 0.696 bits per heavy atom. The van der Waals surface area contributed by atoms with Gasteiger partial charge in [-0.3, -0.25) is 0 Å². The van der Waals surface area contributed by atoms with Gasteiger partial charge in [0, 0.05) is 65.5 Å². The Bertz CT molecular complexity index is 4050. The number of aliphatic hydroxyl groups excluding tert-OH is 2. The molecule has 1 aliphatic carbocycles. The van der Waals surface area contributed by atoms with Gasteiger partial charge < -0.3 is 48.5 Å². The van der Waals surface area contributed by atoms with Gasteiger partial charge in [-0.15, -0.1) is 0 Å². The number of ether oxygens (including phenoxy) is 5. The molecule has 13 nitrogen and oxygen atoms in total. The maximum absolute atomic E-state index is 10.9. The van der Waals surface area contributed by atoms with Crippen LogP contribution < -0.4 is 9.64 Å². The van der Waals surface area contributed by atoms with E-state index < -0.39 is 28.8 Å². The average molecular weight is 1260 g/mol. The van der Waals surface area contributed by atoms with Crippen molar-refractivity contribution < 1.29 is 56.5 Å². The van der Waals surface area contributed by atoms with Crippen LogP contribution >= 0.6 is 0 Å². The number of likely N-dealkylation sites (N-methyl/N-ethyl adjacent to an activating group) is 1. The summed E-state index contributed by atoms with van der Waals surface area (Å²) in [4.78, 5) is 2.18. The molecule has 92 heavy (non-hydrogen) atoms. The van der Waals surface area contributed by atoms with Crippen molar-refractivity contribution in [1.29, 1.82) is 0 Å². The van der Waals surface area contributed by atoms with E-state index >= 15 is 0 Å². The fraction of sp³-hybridized carbons (Fsp3) is 0.397. The molecule has 5 aliphatic rings. The van der Waals surface area contributed by atoms with Crippen LogP contribution in [0.1, 0.15) is 159 Å². The van der Waals surface area contributed by atoms with E-state index in [0.29, 0.717) is 25.7 Å². The number of hydrogen-bond donors (Lipinski definition) is 3. The zero-order valence-corrected chi connectivity index (χ0v) is 55.5. The van der Waals surface area contributed by atoms with Crippen LogP contribution in [0.5, 0.6) is 11.5 Å². The molecule has 4 heterocycles. The van der Waals surface area contributed by atoms with Crippen LogP contribution in [-0.2, 0) is 39.9 Å². The molecule has 3 N–H and O–H groups in total. The van der Waals surface area contributed by atoms with E-state index in [9.17, 15) is 28.3 Å². The Morgan fingerprint density at radius 3 is 1.89 bits per heavy atom. The Hall–Kier alpha value is -7.24. The zero-order valence-electron chi connectivity index (χ0n) is 54.7. The van der Waals surface area contributed by atoms with Gasteiger partial charge in [0.05, 0.1) is 46.9 Å². The molecule has 484 valence electrons. The van der Waals surface area contributed by atoms with Crippen molar-refractivity contribution in [3.05, 3.63) is 220 Å².